The molecule has 1 atom stereocenters. The highest BCUT2D eigenvalue weighted by Crippen LogP contribution is 2.15. The Balaban J connectivity index is 1.43. The molecule has 0 amide bonds. The Kier molecular flexibility index (Phi) is 3.83. The van der Waals surface area contributed by atoms with Crippen molar-refractivity contribution in [2.24, 2.45) is 5.10 Å². The van der Waals surface area contributed by atoms with Crippen LogP contribution in [0, 0.1) is 0 Å². The second kappa shape index (κ2) is 6.28. The van der Waals surface area contributed by atoms with E-state index in [4.69, 9.17) is 0 Å². The molecule has 1 aliphatic rings. The maximum Gasteiger partial charge on any atom is 0.258 e. The monoisotopic (exact) mass is 318 g/mol. The molecule has 0 spiro atoms. The zero-order valence-electron chi connectivity index (χ0n) is 13.2. The Morgan fingerprint density at radius 1 is 1.04 bits per heavy atom. The van der Waals surface area contributed by atoms with Gasteiger partial charge in [0, 0.05) is 12.8 Å². The molecule has 2 heterocycles. The summed E-state index contributed by atoms with van der Waals surface area (Å²) in [5.74, 6) is 0.730. The van der Waals surface area contributed by atoms with E-state index >= 15 is 0 Å². The summed E-state index contributed by atoms with van der Waals surface area (Å²) in [4.78, 5) is 19.5. The number of aromatic amines is 1. The topological polar surface area (TPSA) is 70.1 Å². The van der Waals surface area contributed by atoms with Gasteiger partial charge in [-0.2, -0.15) is 5.10 Å². The van der Waals surface area contributed by atoms with Crippen molar-refractivity contribution in [1.82, 2.24) is 15.4 Å². The number of aromatic nitrogens is 2. The van der Waals surface area contributed by atoms with Gasteiger partial charge in [-0.15, -0.1) is 0 Å². The van der Waals surface area contributed by atoms with Gasteiger partial charge in [0.2, 0.25) is 0 Å². The van der Waals surface area contributed by atoms with Crippen LogP contribution >= 0.6 is 0 Å². The lowest BCUT2D eigenvalue weighted by Crippen LogP contribution is -2.21. The van der Waals surface area contributed by atoms with Crippen LogP contribution in [-0.4, -0.2) is 21.7 Å². The number of nitrogens with zero attached hydrogens (tertiary/aromatic N) is 2. The molecule has 4 rings (SSSR count). The molecule has 1 aromatic heterocycles. The average Bonchev–Trinajstić information content (AvgIpc) is 3.10. The number of H-pyrrole nitrogens is 1. The SMILES string of the molecule is O=c1[nH]c(CCC2CC(c3ccccc3)=NN2)nc2ccccc12. The van der Waals surface area contributed by atoms with Crippen LogP contribution < -0.4 is 11.0 Å². The van der Waals surface area contributed by atoms with Gasteiger partial charge >= 0.3 is 0 Å². The minimum absolute atomic E-state index is 0.0730. The number of hydrogen-bond donors (Lipinski definition) is 2. The third-order valence-electron chi connectivity index (χ3n) is 4.32. The molecule has 0 fully saturated rings. The second-order valence-corrected chi connectivity index (χ2v) is 6.02. The van der Waals surface area contributed by atoms with E-state index in [-0.39, 0.29) is 11.6 Å². The van der Waals surface area contributed by atoms with Crippen LogP contribution in [0.15, 0.2) is 64.5 Å². The lowest BCUT2D eigenvalue weighted by atomic mass is 10.0. The number of aryl methyl sites for hydroxylation is 1. The summed E-state index contributed by atoms with van der Waals surface area (Å²) in [7, 11) is 0. The molecular formula is C19H18N4O. The fourth-order valence-corrected chi connectivity index (χ4v) is 3.04. The number of fused-ring (bicyclic) bond motifs is 1. The number of hydrazone groups is 1. The maximum atomic E-state index is 12.1. The number of benzene rings is 2. The van der Waals surface area contributed by atoms with Gasteiger partial charge in [-0.1, -0.05) is 42.5 Å². The van der Waals surface area contributed by atoms with Crippen molar-refractivity contribution in [3.8, 4) is 0 Å². The van der Waals surface area contributed by atoms with Crippen LogP contribution in [0.2, 0.25) is 0 Å². The van der Waals surface area contributed by atoms with Crippen molar-refractivity contribution < 1.29 is 0 Å². The maximum absolute atomic E-state index is 12.1. The van der Waals surface area contributed by atoms with E-state index in [2.05, 4.69) is 32.6 Å². The largest absolute Gasteiger partial charge is 0.310 e. The van der Waals surface area contributed by atoms with E-state index in [1.165, 1.54) is 0 Å². The third-order valence-corrected chi connectivity index (χ3v) is 4.32. The first-order chi connectivity index (χ1) is 11.8. The van der Waals surface area contributed by atoms with Crippen LogP contribution in [-0.2, 0) is 6.42 Å². The fourth-order valence-electron chi connectivity index (χ4n) is 3.04. The van der Waals surface area contributed by atoms with Gasteiger partial charge in [0.25, 0.3) is 5.56 Å². The molecule has 1 aliphatic heterocycles. The molecule has 2 aromatic carbocycles. The summed E-state index contributed by atoms with van der Waals surface area (Å²) < 4.78 is 0. The van der Waals surface area contributed by atoms with E-state index in [0.29, 0.717) is 5.39 Å². The highest BCUT2D eigenvalue weighted by molar-refractivity contribution is 6.01. The van der Waals surface area contributed by atoms with Crippen LogP contribution in [0.5, 0.6) is 0 Å². The Hall–Kier alpha value is -2.95. The van der Waals surface area contributed by atoms with E-state index in [9.17, 15) is 4.79 Å². The molecule has 24 heavy (non-hydrogen) atoms. The summed E-state index contributed by atoms with van der Waals surface area (Å²) >= 11 is 0. The van der Waals surface area contributed by atoms with Crippen molar-refractivity contribution in [3.05, 3.63) is 76.3 Å². The van der Waals surface area contributed by atoms with Gasteiger partial charge < -0.3 is 10.4 Å². The highest BCUT2D eigenvalue weighted by Gasteiger charge is 2.19. The standard InChI is InChI=1S/C19H18N4O/c24-19-15-8-4-5-9-16(15)20-18(21-19)11-10-14-12-17(23-22-14)13-6-2-1-3-7-13/h1-9,14,22H,10-12H2,(H,20,21,24). The van der Waals surface area contributed by atoms with E-state index in [1.54, 1.807) is 6.07 Å². The molecule has 0 saturated heterocycles. The fraction of sp³-hybridized carbons (Fsp3) is 0.211. The van der Waals surface area contributed by atoms with Gasteiger partial charge in [0.1, 0.15) is 5.82 Å². The normalized spacial score (nSPS) is 16.8. The minimum atomic E-state index is -0.0730. The molecule has 0 radical (unpaired) electrons. The van der Waals surface area contributed by atoms with Gasteiger partial charge in [-0.25, -0.2) is 4.98 Å². The second-order valence-electron chi connectivity index (χ2n) is 6.02. The Morgan fingerprint density at radius 2 is 1.83 bits per heavy atom. The molecular weight excluding hydrogens is 300 g/mol. The molecule has 1 unspecified atom stereocenters. The number of hydrogen-bond acceptors (Lipinski definition) is 4. The highest BCUT2D eigenvalue weighted by atomic mass is 16.1. The lowest BCUT2D eigenvalue weighted by molar-refractivity contribution is 0.535. The Bertz CT molecular complexity index is 946. The van der Waals surface area contributed by atoms with Crippen molar-refractivity contribution in [2.75, 3.05) is 0 Å². The predicted octanol–water partition coefficient (Wildman–Crippen LogP) is 2.62. The molecule has 120 valence electrons. The quantitative estimate of drug-likeness (QED) is 0.777. The first kappa shape index (κ1) is 14.6. The summed E-state index contributed by atoms with van der Waals surface area (Å²) in [5.41, 5.74) is 6.11. The first-order valence-electron chi connectivity index (χ1n) is 8.15. The summed E-state index contributed by atoms with van der Waals surface area (Å²) in [5, 5.41) is 5.08. The molecule has 5 nitrogen and oxygen atoms in total. The first-order valence-corrected chi connectivity index (χ1v) is 8.15. The predicted molar refractivity (Wildman–Crippen MR) is 95.2 cm³/mol. The van der Waals surface area contributed by atoms with Crippen LogP contribution in [0.25, 0.3) is 10.9 Å². The molecule has 0 bridgehead atoms. The van der Waals surface area contributed by atoms with E-state index in [1.807, 2.05) is 36.4 Å². The lowest BCUT2D eigenvalue weighted by Gasteiger charge is -2.09. The smallest absolute Gasteiger partial charge is 0.258 e. The van der Waals surface area contributed by atoms with Crippen LogP contribution in [0.1, 0.15) is 24.2 Å². The molecule has 3 aromatic rings. The van der Waals surface area contributed by atoms with Crippen LogP contribution in [0.3, 0.4) is 0 Å². The van der Waals surface area contributed by atoms with Gasteiger partial charge in [-0.3, -0.25) is 4.79 Å². The number of para-hydroxylation sites is 1. The van der Waals surface area contributed by atoms with Gasteiger partial charge in [0.15, 0.2) is 0 Å². The molecule has 0 aliphatic carbocycles. The van der Waals surface area contributed by atoms with Crippen LogP contribution in [0.4, 0.5) is 0 Å². The van der Waals surface area contributed by atoms with Crippen molar-refractivity contribution >= 4 is 16.6 Å². The van der Waals surface area contributed by atoms with Gasteiger partial charge in [0.05, 0.1) is 22.7 Å². The van der Waals surface area contributed by atoms with Gasteiger partial charge in [-0.05, 0) is 24.1 Å². The zero-order valence-corrected chi connectivity index (χ0v) is 13.2. The van der Waals surface area contributed by atoms with Crippen molar-refractivity contribution in [1.29, 1.82) is 0 Å². The summed E-state index contributed by atoms with van der Waals surface area (Å²) in [6.07, 6.45) is 2.48. The number of rotatable bonds is 4. The summed E-state index contributed by atoms with van der Waals surface area (Å²) in [6, 6.07) is 17.9. The molecule has 2 N–H and O–H groups in total. The van der Waals surface area contributed by atoms with Crippen molar-refractivity contribution in [2.45, 2.75) is 25.3 Å². The van der Waals surface area contributed by atoms with E-state index < -0.39 is 0 Å². The number of nitrogens with one attached hydrogen (secondary N) is 2. The average molecular weight is 318 g/mol. The summed E-state index contributed by atoms with van der Waals surface area (Å²) in [6.45, 7) is 0. The molecule has 5 heteroatoms. The third kappa shape index (κ3) is 2.93. The zero-order chi connectivity index (χ0) is 16.4. The minimum Gasteiger partial charge on any atom is -0.310 e. The molecule has 0 saturated carbocycles. The van der Waals surface area contributed by atoms with Crippen molar-refractivity contribution in [3.63, 3.8) is 0 Å². The Morgan fingerprint density at radius 3 is 2.71 bits per heavy atom. The Labute approximate surface area is 139 Å². The van der Waals surface area contributed by atoms with E-state index in [0.717, 1.165) is 41.9 Å².